The topological polar surface area (TPSA) is 71.7 Å². The van der Waals surface area contributed by atoms with E-state index in [1.807, 2.05) is 30.3 Å². The predicted molar refractivity (Wildman–Crippen MR) is 114 cm³/mol. The normalized spacial score (nSPS) is 18.0. The second-order valence-electron chi connectivity index (χ2n) is 7.68. The van der Waals surface area contributed by atoms with Crippen molar-refractivity contribution in [3.05, 3.63) is 65.6 Å². The molecule has 1 aromatic heterocycles. The number of nitrogens with zero attached hydrogens (tertiary/aromatic N) is 3. The summed E-state index contributed by atoms with van der Waals surface area (Å²) in [5.41, 5.74) is 8.23. The third-order valence-corrected chi connectivity index (χ3v) is 6.52. The van der Waals surface area contributed by atoms with E-state index in [9.17, 15) is 9.18 Å². The Labute approximate surface area is 177 Å². The number of aromatic nitrogens is 1. The van der Waals surface area contributed by atoms with Crippen molar-refractivity contribution in [2.24, 2.45) is 11.7 Å². The zero-order chi connectivity index (χ0) is 20.7. The number of amides is 2. The molecule has 154 valence electrons. The van der Waals surface area contributed by atoms with Crippen molar-refractivity contribution < 1.29 is 13.9 Å². The lowest BCUT2D eigenvalue weighted by molar-refractivity contribution is 0.214. The summed E-state index contributed by atoms with van der Waals surface area (Å²) < 4.78 is 20.4. The molecule has 2 N–H and O–H groups in total. The van der Waals surface area contributed by atoms with Gasteiger partial charge in [-0.25, -0.2) is 9.18 Å². The van der Waals surface area contributed by atoms with E-state index < -0.39 is 0 Å². The largest absolute Gasteiger partial charge is 0.431 e. The molecule has 0 bridgehead atoms. The Morgan fingerprint density at radius 1 is 1.23 bits per heavy atom. The molecule has 2 amide bonds. The quantitative estimate of drug-likeness (QED) is 0.673. The number of halogens is 1. The molecule has 1 fully saturated rings. The van der Waals surface area contributed by atoms with Crippen LogP contribution in [0.3, 0.4) is 0 Å². The lowest BCUT2D eigenvalue weighted by Crippen LogP contribution is -2.35. The Morgan fingerprint density at radius 3 is 2.80 bits per heavy atom. The summed E-state index contributed by atoms with van der Waals surface area (Å²) >= 11 is 1.33. The molecule has 2 aromatic carbocycles. The Balaban J connectivity index is 1.17. The highest BCUT2D eigenvalue weighted by Crippen LogP contribution is 2.33. The van der Waals surface area contributed by atoms with E-state index >= 15 is 0 Å². The van der Waals surface area contributed by atoms with Gasteiger partial charge >= 0.3 is 6.03 Å². The summed E-state index contributed by atoms with van der Waals surface area (Å²) in [6.07, 6.45) is 3.10. The SMILES string of the molecule is NC(=O)N1CC2=CN(CCc3ccc(Oc4nc5c(F)cccc5s4)cc3)CC2C1. The Bertz CT molecular complexity index is 1130. The van der Waals surface area contributed by atoms with Crippen molar-refractivity contribution in [1.82, 2.24) is 14.8 Å². The van der Waals surface area contributed by atoms with Gasteiger partial charge in [-0.15, -0.1) is 0 Å². The summed E-state index contributed by atoms with van der Waals surface area (Å²) in [4.78, 5) is 19.6. The van der Waals surface area contributed by atoms with Gasteiger partial charge in [-0.1, -0.05) is 29.5 Å². The molecular formula is C22H21FN4O2S. The van der Waals surface area contributed by atoms with E-state index in [-0.39, 0.29) is 11.8 Å². The first-order chi connectivity index (χ1) is 14.5. The predicted octanol–water partition coefficient (Wildman–Crippen LogP) is 3.98. The van der Waals surface area contributed by atoms with Gasteiger partial charge in [0.25, 0.3) is 5.19 Å². The van der Waals surface area contributed by atoms with Crippen molar-refractivity contribution in [1.29, 1.82) is 0 Å². The summed E-state index contributed by atoms with van der Waals surface area (Å²) in [7, 11) is 0. The second-order valence-corrected chi connectivity index (χ2v) is 8.67. The molecule has 2 aliphatic rings. The molecule has 3 aromatic rings. The molecule has 6 nitrogen and oxygen atoms in total. The number of primary amides is 1. The number of rotatable bonds is 5. The number of carbonyl (C=O) groups excluding carboxylic acids is 1. The Kier molecular flexibility index (Phi) is 4.78. The minimum atomic E-state index is -0.338. The van der Waals surface area contributed by atoms with Gasteiger partial charge in [0, 0.05) is 38.3 Å². The third kappa shape index (κ3) is 3.70. The molecule has 5 rings (SSSR count). The fourth-order valence-corrected chi connectivity index (χ4v) is 4.90. The number of para-hydroxylation sites is 1. The van der Waals surface area contributed by atoms with Gasteiger partial charge in [0.15, 0.2) is 0 Å². The van der Waals surface area contributed by atoms with Gasteiger partial charge in [0.2, 0.25) is 0 Å². The van der Waals surface area contributed by atoms with Gasteiger partial charge in [0.1, 0.15) is 17.1 Å². The van der Waals surface area contributed by atoms with Crippen LogP contribution in [0, 0.1) is 11.7 Å². The second kappa shape index (κ2) is 7.60. The summed E-state index contributed by atoms with van der Waals surface area (Å²) in [5, 5.41) is 0.433. The lowest BCUT2D eigenvalue weighted by Gasteiger charge is -2.19. The highest BCUT2D eigenvalue weighted by Gasteiger charge is 2.34. The Hall–Kier alpha value is -3.13. The first kappa shape index (κ1) is 18.9. The molecule has 1 atom stereocenters. The molecule has 0 spiro atoms. The minimum absolute atomic E-state index is 0.336. The molecule has 30 heavy (non-hydrogen) atoms. The van der Waals surface area contributed by atoms with E-state index in [4.69, 9.17) is 10.5 Å². The lowest BCUT2D eigenvalue weighted by atomic mass is 10.1. The van der Waals surface area contributed by atoms with Crippen LogP contribution in [-0.4, -0.2) is 47.0 Å². The first-order valence-corrected chi connectivity index (χ1v) is 10.7. The number of ether oxygens (including phenoxy) is 1. The monoisotopic (exact) mass is 424 g/mol. The average molecular weight is 425 g/mol. The number of thiazole rings is 1. The highest BCUT2D eigenvalue weighted by atomic mass is 32.1. The van der Waals surface area contributed by atoms with Crippen LogP contribution in [0.1, 0.15) is 5.56 Å². The van der Waals surface area contributed by atoms with Crippen LogP contribution in [0.15, 0.2) is 54.2 Å². The number of hydrogen-bond donors (Lipinski definition) is 1. The molecule has 2 aliphatic heterocycles. The zero-order valence-corrected chi connectivity index (χ0v) is 17.1. The van der Waals surface area contributed by atoms with E-state index in [0.29, 0.717) is 28.9 Å². The van der Waals surface area contributed by atoms with Crippen molar-refractivity contribution in [2.75, 3.05) is 26.2 Å². The molecule has 0 radical (unpaired) electrons. The summed E-state index contributed by atoms with van der Waals surface area (Å²) in [6.45, 7) is 3.24. The molecule has 0 aliphatic carbocycles. The number of urea groups is 1. The van der Waals surface area contributed by atoms with Crippen LogP contribution in [0.2, 0.25) is 0 Å². The fourth-order valence-electron chi connectivity index (χ4n) is 4.05. The van der Waals surface area contributed by atoms with Gasteiger partial charge < -0.3 is 20.3 Å². The van der Waals surface area contributed by atoms with Crippen molar-refractivity contribution in [3.8, 4) is 10.9 Å². The maximum Gasteiger partial charge on any atom is 0.315 e. The van der Waals surface area contributed by atoms with Crippen LogP contribution >= 0.6 is 11.3 Å². The van der Waals surface area contributed by atoms with Gasteiger partial charge in [-0.3, -0.25) is 0 Å². The van der Waals surface area contributed by atoms with Crippen molar-refractivity contribution >= 4 is 27.6 Å². The zero-order valence-electron chi connectivity index (χ0n) is 16.3. The highest BCUT2D eigenvalue weighted by molar-refractivity contribution is 7.20. The molecule has 1 saturated heterocycles. The fraction of sp³-hybridized carbons (Fsp3) is 0.273. The van der Waals surface area contributed by atoms with E-state index in [0.717, 1.165) is 30.8 Å². The number of nitrogens with two attached hydrogens (primary N) is 1. The van der Waals surface area contributed by atoms with Crippen LogP contribution < -0.4 is 10.5 Å². The van der Waals surface area contributed by atoms with Gasteiger partial charge in [-0.05, 0) is 41.8 Å². The maximum absolute atomic E-state index is 13.8. The van der Waals surface area contributed by atoms with Crippen LogP contribution in [0.4, 0.5) is 9.18 Å². The molecule has 8 heteroatoms. The Morgan fingerprint density at radius 2 is 2.07 bits per heavy atom. The number of benzene rings is 2. The standard InChI is InChI=1S/C22H21FN4O2S/c23-18-2-1-3-19-20(18)25-22(30-19)29-17-6-4-14(5-7-17)8-9-26-10-15-12-27(21(24)28)13-16(15)11-26/h1-7,10,16H,8-9,11-13H2,(H2,24,28). The number of hydrogen-bond acceptors (Lipinski definition) is 5. The average Bonchev–Trinajstić information content (AvgIpc) is 3.40. The van der Waals surface area contributed by atoms with Gasteiger partial charge in [-0.2, -0.15) is 4.98 Å². The van der Waals surface area contributed by atoms with Crippen molar-refractivity contribution in [3.63, 3.8) is 0 Å². The van der Waals surface area contributed by atoms with E-state index in [1.54, 1.807) is 11.0 Å². The van der Waals surface area contributed by atoms with E-state index in [2.05, 4.69) is 16.1 Å². The van der Waals surface area contributed by atoms with Crippen LogP contribution in [-0.2, 0) is 6.42 Å². The smallest absolute Gasteiger partial charge is 0.315 e. The number of fused-ring (bicyclic) bond motifs is 2. The third-order valence-electron chi connectivity index (χ3n) is 5.62. The van der Waals surface area contributed by atoms with Crippen LogP contribution in [0.25, 0.3) is 10.2 Å². The summed E-state index contributed by atoms with van der Waals surface area (Å²) in [5.74, 6) is 0.756. The van der Waals surface area contributed by atoms with Gasteiger partial charge in [0.05, 0.1) is 4.70 Å². The number of carbonyl (C=O) groups is 1. The first-order valence-electron chi connectivity index (χ1n) is 9.86. The molecule has 3 heterocycles. The molecule has 1 unspecified atom stereocenters. The van der Waals surface area contributed by atoms with Crippen molar-refractivity contribution in [2.45, 2.75) is 6.42 Å². The minimum Gasteiger partial charge on any atom is -0.431 e. The molecular weight excluding hydrogens is 403 g/mol. The summed E-state index contributed by atoms with van der Waals surface area (Å²) in [6, 6.07) is 12.5. The van der Waals surface area contributed by atoms with E-state index in [1.165, 1.54) is 28.5 Å². The van der Waals surface area contributed by atoms with Crippen LogP contribution in [0.5, 0.6) is 10.9 Å². The molecule has 0 saturated carbocycles. The maximum atomic E-state index is 13.8. The number of likely N-dealkylation sites (tertiary alicyclic amines) is 1.